The predicted octanol–water partition coefficient (Wildman–Crippen LogP) is 3.26. The van der Waals surface area contributed by atoms with Gasteiger partial charge < -0.3 is 5.11 Å². The van der Waals surface area contributed by atoms with Gasteiger partial charge in [-0.05, 0) is 36.0 Å². The van der Waals surface area contributed by atoms with Gasteiger partial charge in [0.25, 0.3) is 0 Å². The van der Waals surface area contributed by atoms with E-state index in [9.17, 15) is 5.11 Å². The molecule has 0 aromatic heterocycles. The second-order valence-corrected chi connectivity index (χ2v) is 4.74. The zero-order chi connectivity index (χ0) is 11.7. The number of benzene rings is 2. The van der Waals surface area contributed by atoms with Gasteiger partial charge in [-0.1, -0.05) is 54.6 Å². The summed E-state index contributed by atoms with van der Waals surface area (Å²) in [7, 11) is 0. The number of aryl methyl sites for hydroxylation is 1. The van der Waals surface area contributed by atoms with Gasteiger partial charge in [-0.3, -0.25) is 0 Å². The average Bonchev–Trinajstić information content (AvgIpc) is 2.40. The Morgan fingerprint density at radius 3 is 2.41 bits per heavy atom. The van der Waals surface area contributed by atoms with Gasteiger partial charge >= 0.3 is 0 Å². The molecule has 1 atom stereocenters. The van der Waals surface area contributed by atoms with Crippen molar-refractivity contribution in [2.45, 2.75) is 24.9 Å². The fraction of sp³-hybridized carbons (Fsp3) is 0.250. The van der Waals surface area contributed by atoms with Crippen molar-refractivity contribution in [3.8, 4) is 0 Å². The lowest BCUT2D eigenvalue weighted by Gasteiger charge is -2.35. The number of fused-ring (bicyclic) bond motifs is 1. The summed E-state index contributed by atoms with van der Waals surface area (Å²) in [6.45, 7) is 0. The van der Waals surface area contributed by atoms with E-state index in [1.807, 2.05) is 36.4 Å². The molecule has 0 bridgehead atoms. The van der Waals surface area contributed by atoms with Crippen LogP contribution >= 0.6 is 0 Å². The van der Waals surface area contributed by atoms with Gasteiger partial charge in [0.1, 0.15) is 5.60 Å². The van der Waals surface area contributed by atoms with Crippen molar-refractivity contribution < 1.29 is 5.11 Å². The Morgan fingerprint density at radius 1 is 0.882 bits per heavy atom. The summed E-state index contributed by atoms with van der Waals surface area (Å²) in [5.74, 6) is 0. The summed E-state index contributed by atoms with van der Waals surface area (Å²) < 4.78 is 0. The largest absolute Gasteiger partial charge is 0.380 e. The van der Waals surface area contributed by atoms with E-state index in [1.165, 1.54) is 5.56 Å². The molecule has 0 radical (unpaired) electrons. The first-order valence-electron chi connectivity index (χ1n) is 6.17. The maximum absolute atomic E-state index is 11.0. The van der Waals surface area contributed by atoms with Crippen molar-refractivity contribution >= 4 is 0 Å². The first-order chi connectivity index (χ1) is 8.31. The lowest BCUT2D eigenvalue weighted by atomic mass is 9.75. The van der Waals surface area contributed by atoms with E-state index < -0.39 is 5.60 Å². The molecule has 1 aliphatic rings. The van der Waals surface area contributed by atoms with E-state index >= 15 is 0 Å². The van der Waals surface area contributed by atoms with Crippen molar-refractivity contribution in [2.75, 3.05) is 0 Å². The van der Waals surface area contributed by atoms with Gasteiger partial charge in [0, 0.05) is 0 Å². The van der Waals surface area contributed by atoms with Crippen LogP contribution in [0.4, 0.5) is 0 Å². The zero-order valence-corrected chi connectivity index (χ0v) is 9.76. The van der Waals surface area contributed by atoms with Crippen molar-refractivity contribution in [1.29, 1.82) is 0 Å². The second kappa shape index (κ2) is 4.01. The van der Waals surface area contributed by atoms with E-state index in [2.05, 4.69) is 18.2 Å². The lowest BCUT2D eigenvalue weighted by Crippen LogP contribution is -2.31. The van der Waals surface area contributed by atoms with Crippen molar-refractivity contribution in [3.63, 3.8) is 0 Å². The predicted molar refractivity (Wildman–Crippen MR) is 68.8 cm³/mol. The van der Waals surface area contributed by atoms with Gasteiger partial charge in [-0.25, -0.2) is 0 Å². The first kappa shape index (κ1) is 10.5. The van der Waals surface area contributed by atoms with Crippen LogP contribution in [0.5, 0.6) is 0 Å². The highest BCUT2D eigenvalue weighted by Crippen LogP contribution is 2.40. The number of hydrogen-bond acceptors (Lipinski definition) is 1. The van der Waals surface area contributed by atoms with Gasteiger partial charge in [0.05, 0.1) is 0 Å². The van der Waals surface area contributed by atoms with Crippen LogP contribution in [0.2, 0.25) is 0 Å². The monoisotopic (exact) mass is 224 g/mol. The first-order valence-corrected chi connectivity index (χ1v) is 6.17. The summed E-state index contributed by atoms with van der Waals surface area (Å²) in [6, 6.07) is 18.2. The third kappa shape index (κ3) is 1.67. The fourth-order valence-electron chi connectivity index (χ4n) is 2.82. The highest BCUT2D eigenvalue weighted by Gasteiger charge is 2.35. The van der Waals surface area contributed by atoms with Crippen molar-refractivity contribution in [1.82, 2.24) is 0 Å². The minimum atomic E-state index is -0.796. The molecular weight excluding hydrogens is 208 g/mol. The molecule has 2 aromatic rings. The van der Waals surface area contributed by atoms with Crippen LogP contribution < -0.4 is 0 Å². The fourth-order valence-corrected chi connectivity index (χ4v) is 2.82. The van der Waals surface area contributed by atoms with Crippen LogP contribution in [-0.2, 0) is 12.0 Å². The Kier molecular flexibility index (Phi) is 2.49. The zero-order valence-electron chi connectivity index (χ0n) is 9.76. The molecule has 2 aromatic carbocycles. The molecule has 0 saturated carbocycles. The van der Waals surface area contributed by atoms with Crippen LogP contribution in [-0.4, -0.2) is 5.11 Å². The molecule has 17 heavy (non-hydrogen) atoms. The molecule has 0 unspecified atom stereocenters. The highest BCUT2D eigenvalue weighted by molar-refractivity contribution is 5.42. The number of rotatable bonds is 1. The summed E-state index contributed by atoms with van der Waals surface area (Å²) in [5.41, 5.74) is 2.57. The maximum atomic E-state index is 11.0. The summed E-state index contributed by atoms with van der Waals surface area (Å²) >= 11 is 0. The smallest absolute Gasteiger partial charge is 0.115 e. The molecule has 86 valence electrons. The summed E-state index contributed by atoms with van der Waals surface area (Å²) in [5, 5.41) is 11.0. The molecule has 0 aliphatic heterocycles. The third-order valence-electron chi connectivity index (χ3n) is 3.70. The van der Waals surface area contributed by atoms with Crippen molar-refractivity contribution in [3.05, 3.63) is 71.3 Å². The molecule has 0 fully saturated rings. The number of hydrogen-bond donors (Lipinski definition) is 1. The Hall–Kier alpha value is -1.60. The molecule has 1 heteroatoms. The van der Waals surface area contributed by atoms with Gasteiger partial charge in [0.15, 0.2) is 0 Å². The third-order valence-corrected chi connectivity index (χ3v) is 3.70. The van der Waals surface area contributed by atoms with E-state index in [0.29, 0.717) is 0 Å². The van der Waals surface area contributed by atoms with Gasteiger partial charge in [-0.15, -0.1) is 0 Å². The topological polar surface area (TPSA) is 20.2 Å². The lowest BCUT2D eigenvalue weighted by molar-refractivity contribution is 0.0616. The van der Waals surface area contributed by atoms with E-state index in [4.69, 9.17) is 0 Å². The molecule has 1 nitrogen and oxygen atoms in total. The van der Waals surface area contributed by atoms with Crippen LogP contribution in [0, 0.1) is 0 Å². The molecule has 3 rings (SSSR count). The van der Waals surface area contributed by atoms with E-state index in [0.717, 1.165) is 30.4 Å². The minimum absolute atomic E-state index is 0.796. The molecule has 1 aliphatic carbocycles. The molecule has 0 heterocycles. The standard InChI is InChI=1S/C16H16O/c17-16(14-9-2-1-3-10-14)12-6-8-13-7-4-5-11-15(13)16/h1-5,7,9-11,17H,6,8,12H2/t16-/m1/s1. The average molecular weight is 224 g/mol. The highest BCUT2D eigenvalue weighted by atomic mass is 16.3. The van der Waals surface area contributed by atoms with Crippen LogP contribution in [0.3, 0.4) is 0 Å². The molecular formula is C16H16O. The minimum Gasteiger partial charge on any atom is -0.380 e. The summed E-state index contributed by atoms with van der Waals surface area (Å²) in [4.78, 5) is 0. The maximum Gasteiger partial charge on any atom is 0.115 e. The van der Waals surface area contributed by atoms with Gasteiger partial charge in [-0.2, -0.15) is 0 Å². The SMILES string of the molecule is O[C@@]1(c2ccccc2)CCCc2ccccc21. The van der Waals surface area contributed by atoms with Crippen molar-refractivity contribution in [2.24, 2.45) is 0 Å². The Bertz CT molecular complexity index is 518. The Morgan fingerprint density at radius 2 is 1.59 bits per heavy atom. The Labute approximate surface area is 102 Å². The van der Waals surface area contributed by atoms with E-state index in [-0.39, 0.29) is 0 Å². The van der Waals surface area contributed by atoms with Crippen LogP contribution in [0.15, 0.2) is 54.6 Å². The molecule has 0 saturated heterocycles. The van der Waals surface area contributed by atoms with Gasteiger partial charge in [0.2, 0.25) is 0 Å². The number of aliphatic hydroxyl groups is 1. The normalized spacial score (nSPS) is 23.1. The molecule has 0 amide bonds. The second-order valence-electron chi connectivity index (χ2n) is 4.74. The van der Waals surface area contributed by atoms with E-state index in [1.54, 1.807) is 0 Å². The quantitative estimate of drug-likeness (QED) is 0.788. The molecule has 1 N–H and O–H groups in total. The Balaban J connectivity index is 2.16. The van der Waals surface area contributed by atoms with Crippen LogP contribution in [0.25, 0.3) is 0 Å². The molecule has 0 spiro atoms. The summed E-state index contributed by atoms with van der Waals surface area (Å²) in [6.07, 6.45) is 2.93. The van der Waals surface area contributed by atoms with Crippen LogP contribution in [0.1, 0.15) is 29.5 Å².